The Hall–Kier alpha value is -3.36. The van der Waals surface area contributed by atoms with Gasteiger partial charge in [0.2, 0.25) is 12.0 Å². The average Bonchev–Trinajstić information content (AvgIpc) is 2.92. The number of benzene rings is 1. The van der Waals surface area contributed by atoms with Gasteiger partial charge in [0.1, 0.15) is 5.75 Å². The first-order valence-corrected chi connectivity index (χ1v) is 9.24. The number of hydrogen-bond acceptors (Lipinski definition) is 6. The van der Waals surface area contributed by atoms with Gasteiger partial charge >= 0.3 is 5.97 Å². The van der Waals surface area contributed by atoms with Crippen LogP contribution in [0.25, 0.3) is 0 Å². The molecule has 2 amide bonds. The highest BCUT2D eigenvalue weighted by molar-refractivity contribution is 5.97. The Morgan fingerprint density at radius 2 is 1.97 bits per heavy atom. The molecule has 1 aromatic carbocycles. The van der Waals surface area contributed by atoms with Crippen molar-refractivity contribution in [2.45, 2.75) is 39.9 Å². The molecule has 0 unspecified atom stereocenters. The minimum absolute atomic E-state index is 0.0142. The van der Waals surface area contributed by atoms with Crippen molar-refractivity contribution < 1.29 is 23.9 Å². The molecule has 0 saturated carbocycles. The summed E-state index contributed by atoms with van der Waals surface area (Å²) in [4.78, 5) is 38.5. The molecular formula is C20H24N4O5. The van der Waals surface area contributed by atoms with E-state index < -0.39 is 24.1 Å². The molecular weight excluding hydrogens is 376 g/mol. The molecule has 0 aliphatic carbocycles. The molecule has 1 N–H and O–H groups in total. The van der Waals surface area contributed by atoms with Gasteiger partial charge in [-0.25, -0.2) is 4.79 Å². The number of fused-ring (bicyclic) bond motifs is 1. The van der Waals surface area contributed by atoms with E-state index in [4.69, 9.17) is 9.47 Å². The van der Waals surface area contributed by atoms with Crippen LogP contribution in [0, 0.1) is 13.8 Å². The highest BCUT2D eigenvalue weighted by Crippen LogP contribution is 2.33. The molecule has 0 bridgehead atoms. The van der Waals surface area contributed by atoms with E-state index in [-0.39, 0.29) is 12.5 Å². The smallest absolute Gasteiger partial charge is 0.350 e. The van der Waals surface area contributed by atoms with Crippen LogP contribution in [0.2, 0.25) is 0 Å². The Kier molecular flexibility index (Phi) is 5.58. The van der Waals surface area contributed by atoms with E-state index >= 15 is 0 Å². The predicted octanol–water partition coefficient (Wildman–Crippen LogP) is 1.72. The fraction of sp³-hybridized carbons (Fsp3) is 0.400. The van der Waals surface area contributed by atoms with E-state index in [1.165, 1.54) is 18.7 Å². The third-order valence-corrected chi connectivity index (χ3v) is 4.84. The van der Waals surface area contributed by atoms with E-state index in [0.29, 0.717) is 22.8 Å². The van der Waals surface area contributed by atoms with Gasteiger partial charge in [0.05, 0.1) is 29.3 Å². The van der Waals surface area contributed by atoms with E-state index in [0.717, 1.165) is 5.69 Å². The van der Waals surface area contributed by atoms with Gasteiger partial charge in [0.25, 0.3) is 5.91 Å². The largest absolute Gasteiger partial charge is 0.475 e. The molecule has 154 valence electrons. The molecule has 1 aromatic heterocycles. The standard InChI is InChI=1S/C20H24N4O5/c1-11-18(12(2)23(5)22-11)21-19(26)13(3)28-20(27)17-10-24(14(4)25)15-8-6-7-9-16(15)29-17/h6-9,13,17H,10H2,1-5H3,(H,21,26)/t13-,17-/m1/s1. The van der Waals surface area contributed by atoms with E-state index in [1.54, 1.807) is 42.9 Å². The van der Waals surface area contributed by atoms with Crippen LogP contribution in [-0.2, 0) is 26.2 Å². The van der Waals surface area contributed by atoms with Crippen LogP contribution in [-0.4, -0.2) is 46.3 Å². The van der Waals surface area contributed by atoms with E-state index in [1.807, 2.05) is 6.92 Å². The normalized spacial score (nSPS) is 16.4. The highest BCUT2D eigenvalue weighted by Gasteiger charge is 2.35. The van der Waals surface area contributed by atoms with Gasteiger partial charge in [-0.3, -0.25) is 14.3 Å². The predicted molar refractivity (Wildman–Crippen MR) is 106 cm³/mol. The van der Waals surface area contributed by atoms with Crippen molar-refractivity contribution in [3.05, 3.63) is 35.7 Å². The molecule has 9 heteroatoms. The zero-order chi connectivity index (χ0) is 21.3. The molecule has 2 heterocycles. The molecule has 1 aliphatic rings. The maximum atomic E-state index is 12.6. The summed E-state index contributed by atoms with van der Waals surface area (Å²) in [6, 6.07) is 6.95. The first-order chi connectivity index (χ1) is 13.7. The van der Waals surface area contributed by atoms with Gasteiger partial charge in [-0.1, -0.05) is 12.1 Å². The summed E-state index contributed by atoms with van der Waals surface area (Å²) in [5, 5.41) is 6.99. The van der Waals surface area contributed by atoms with Crippen LogP contribution in [0.1, 0.15) is 25.2 Å². The van der Waals surface area contributed by atoms with Gasteiger partial charge in [-0.05, 0) is 32.9 Å². The summed E-state index contributed by atoms with van der Waals surface area (Å²) < 4.78 is 12.7. The van der Waals surface area contributed by atoms with Crippen molar-refractivity contribution in [1.82, 2.24) is 9.78 Å². The number of amides is 2. The number of aromatic nitrogens is 2. The third-order valence-electron chi connectivity index (χ3n) is 4.84. The van der Waals surface area contributed by atoms with Crippen molar-refractivity contribution in [3.63, 3.8) is 0 Å². The topological polar surface area (TPSA) is 103 Å². The molecule has 0 radical (unpaired) electrons. The summed E-state index contributed by atoms with van der Waals surface area (Å²) in [5.41, 5.74) is 2.64. The number of carbonyl (C=O) groups excluding carboxylic acids is 3. The number of para-hydroxylation sites is 2. The van der Waals surface area contributed by atoms with Crippen LogP contribution in [0.15, 0.2) is 24.3 Å². The van der Waals surface area contributed by atoms with Crippen LogP contribution in [0.3, 0.4) is 0 Å². The number of carbonyl (C=O) groups is 3. The maximum Gasteiger partial charge on any atom is 0.350 e. The lowest BCUT2D eigenvalue weighted by Crippen LogP contribution is -2.48. The zero-order valence-electron chi connectivity index (χ0n) is 17.1. The number of hydrogen-bond donors (Lipinski definition) is 1. The quantitative estimate of drug-likeness (QED) is 0.784. The Morgan fingerprint density at radius 3 is 2.59 bits per heavy atom. The fourth-order valence-electron chi connectivity index (χ4n) is 3.14. The van der Waals surface area contributed by atoms with E-state index in [9.17, 15) is 14.4 Å². The minimum Gasteiger partial charge on any atom is -0.475 e. The first-order valence-electron chi connectivity index (χ1n) is 9.24. The van der Waals surface area contributed by atoms with Crippen molar-refractivity contribution in [2.75, 3.05) is 16.8 Å². The molecule has 2 atom stereocenters. The Morgan fingerprint density at radius 1 is 1.28 bits per heavy atom. The van der Waals surface area contributed by atoms with Gasteiger partial charge < -0.3 is 19.7 Å². The number of aryl methyl sites for hydroxylation is 2. The van der Waals surface area contributed by atoms with Gasteiger partial charge in [0, 0.05) is 14.0 Å². The summed E-state index contributed by atoms with van der Waals surface area (Å²) in [6.07, 6.45) is -2.07. The Labute approximate surface area is 168 Å². The zero-order valence-corrected chi connectivity index (χ0v) is 17.1. The molecule has 0 fully saturated rings. The van der Waals surface area contributed by atoms with Crippen molar-refractivity contribution in [1.29, 1.82) is 0 Å². The molecule has 1 aliphatic heterocycles. The van der Waals surface area contributed by atoms with Gasteiger partial charge in [-0.2, -0.15) is 5.10 Å². The van der Waals surface area contributed by atoms with Crippen molar-refractivity contribution in [2.24, 2.45) is 7.05 Å². The van der Waals surface area contributed by atoms with Crippen LogP contribution >= 0.6 is 0 Å². The second-order valence-electron chi connectivity index (χ2n) is 6.94. The Bertz CT molecular complexity index is 968. The lowest BCUT2D eigenvalue weighted by atomic mass is 10.2. The number of nitrogens with zero attached hydrogens (tertiary/aromatic N) is 3. The van der Waals surface area contributed by atoms with Crippen LogP contribution in [0.4, 0.5) is 11.4 Å². The second kappa shape index (κ2) is 7.94. The molecule has 29 heavy (non-hydrogen) atoms. The van der Waals surface area contributed by atoms with Crippen molar-refractivity contribution in [3.8, 4) is 5.75 Å². The molecule has 3 rings (SSSR count). The lowest BCUT2D eigenvalue weighted by molar-refractivity contribution is -0.160. The SMILES string of the molecule is CC(=O)N1C[C@H](C(=O)O[C@H](C)C(=O)Nc2c(C)nn(C)c2C)Oc2ccccc21. The minimum atomic E-state index is -1.05. The summed E-state index contributed by atoms with van der Waals surface area (Å²) >= 11 is 0. The molecule has 0 spiro atoms. The summed E-state index contributed by atoms with van der Waals surface area (Å²) in [5.74, 6) is -0.994. The molecule has 2 aromatic rings. The average molecular weight is 400 g/mol. The van der Waals surface area contributed by atoms with Crippen molar-refractivity contribution >= 4 is 29.2 Å². The van der Waals surface area contributed by atoms with Crippen LogP contribution < -0.4 is 15.0 Å². The number of rotatable bonds is 4. The maximum absolute atomic E-state index is 12.6. The number of ether oxygens (including phenoxy) is 2. The first kappa shape index (κ1) is 20.4. The number of nitrogens with one attached hydrogen (secondary N) is 1. The fourth-order valence-corrected chi connectivity index (χ4v) is 3.14. The highest BCUT2D eigenvalue weighted by atomic mass is 16.6. The Balaban J connectivity index is 1.68. The van der Waals surface area contributed by atoms with Crippen LogP contribution in [0.5, 0.6) is 5.75 Å². The molecule has 9 nitrogen and oxygen atoms in total. The third kappa shape index (κ3) is 4.08. The number of anilines is 2. The monoisotopic (exact) mass is 400 g/mol. The summed E-state index contributed by atoms with van der Waals surface area (Å²) in [7, 11) is 1.78. The molecule has 0 saturated heterocycles. The second-order valence-corrected chi connectivity index (χ2v) is 6.94. The number of esters is 1. The lowest BCUT2D eigenvalue weighted by Gasteiger charge is -2.33. The van der Waals surface area contributed by atoms with Gasteiger partial charge in [0.15, 0.2) is 6.10 Å². The summed E-state index contributed by atoms with van der Waals surface area (Å²) in [6.45, 7) is 6.52. The van der Waals surface area contributed by atoms with E-state index in [2.05, 4.69) is 10.4 Å². The van der Waals surface area contributed by atoms with Gasteiger partial charge in [-0.15, -0.1) is 0 Å².